The predicted octanol–water partition coefficient (Wildman–Crippen LogP) is 4.66. The smallest absolute Gasteiger partial charge is 0.331 e. The average Bonchev–Trinajstić information content (AvgIpc) is 2.82. The third-order valence-electron chi connectivity index (χ3n) is 5.61. The minimum atomic E-state index is -0.486. The molecule has 7 heteroatoms. The maximum atomic E-state index is 12.5. The van der Waals surface area contributed by atoms with Crippen LogP contribution in [-0.4, -0.2) is 24.6 Å². The van der Waals surface area contributed by atoms with Crippen LogP contribution in [0.4, 0.5) is 11.4 Å². The van der Waals surface area contributed by atoms with Crippen molar-refractivity contribution in [1.29, 1.82) is 0 Å². The second kappa shape index (κ2) is 12.6. The van der Waals surface area contributed by atoms with Crippen LogP contribution < -0.4 is 16.2 Å². The van der Waals surface area contributed by atoms with Gasteiger partial charge in [0.05, 0.1) is 18.6 Å². The maximum absolute atomic E-state index is 12.5. The first-order valence-electron chi connectivity index (χ1n) is 11.5. The van der Waals surface area contributed by atoms with Crippen LogP contribution in [0.15, 0.2) is 61.2 Å². The molecule has 34 heavy (non-hydrogen) atoms. The standard InChI is InChI=1S/C27H32N2O5/c1-2-3-14-32-24-11-7-21(8-12-24)27(31)34-25-9-4-19(5-10-25)6-13-26(30)33-18-20-15-22(28)17-23(29)16-20/h2,4-6,9-10,13,15-17,21,24H,1,3,7-8,11-12,14,18,28-29H2. The molecule has 7 nitrogen and oxygen atoms in total. The van der Waals surface area contributed by atoms with E-state index in [0.29, 0.717) is 23.7 Å². The average molecular weight is 465 g/mol. The van der Waals surface area contributed by atoms with Crippen molar-refractivity contribution in [2.24, 2.45) is 5.92 Å². The topological polar surface area (TPSA) is 114 Å². The lowest BCUT2D eigenvalue weighted by atomic mass is 9.87. The van der Waals surface area contributed by atoms with Crippen molar-refractivity contribution in [3.05, 3.63) is 72.3 Å². The molecule has 0 amide bonds. The number of hydrogen-bond donors (Lipinski definition) is 2. The number of carbonyl (C=O) groups excluding carboxylic acids is 2. The summed E-state index contributed by atoms with van der Waals surface area (Å²) >= 11 is 0. The van der Waals surface area contributed by atoms with Crippen molar-refractivity contribution >= 4 is 29.4 Å². The Labute approximate surface area is 200 Å². The fourth-order valence-electron chi connectivity index (χ4n) is 3.83. The Balaban J connectivity index is 1.42. The molecule has 3 rings (SSSR count). The first kappa shape index (κ1) is 25.1. The van der Waals surface area contributed by atoms with E-state index in [2.05, 4.69) is 6.58 Å². The lowest BCUT2D eigenvalue weighted by Crippen LogP contribution is -2.29. The van der Waals surface area contributed by atoms with Crippen molar-refractivity contribution in [3.8, 4) is 5.75 Å². The van der Waals surface area contributed by atoms with E-state index in [0.717, 1.165) is 43.2 Å². The summed E-state index contributed by atoms with van der Waals surface area (Å²) < 4.78 is 16.6. The second-order valence-corrected chi connectivity index (χ2v) is 8.36. The minimum absolute atomic E-state index is 0.0795. The molecule has 0 radical (unpaired) electrons. The van der Waals surface area contributed by atoms with Crippen LogP contribution in [0.3, 0.4) is 0 Å². The number of anilines is 2. The van der Waals surface area contributed by atoms with Gasteiger partial charge in [-0.2, -0.15) is 0 Å². The van der Waals surface area contributed by atoms with Gasteiger partial charge in [0.2, 0.25) is 0 Å². The van der Waals surface area contributed by atoms with Gasteiger partial charge in [0.1, 0.15) is 12.4 Å². The van der Waals surface area contributed by atoms with Gasteiger partial charge in [0.25, 0.3) is 0 Å². The number of nitrogen functional groups attached to an aromatic ring is 2. The summed E-state index contributed by atoms with van der Waals surface area (Å²) in [4.78, 5) is 24.5. The predicted molar refractivity (Wildman–Crippen MR) is 133 cm³/mol. The highest BCUT2D eigenvalue weighted by molar-refractivity contribution is 5.87. The van der Waals surface area contributed by atoms with Gasteiger partial charge in [-0.05, 0) is 79.6 Å². The Kier molecular flexibility index (Phi) is 9.29. The van der Waals surface area contributed by atoms with Crippen molar-refractivity contribution in [2.75, 3.05) is 18.1 Å². The van der Waals surface area contributed by atoms with Crippen LogP contribution in [0.25, 0.3) is 6.08 Å². The number of esters is 2. The highest BCUT2D eigenvalue weighted by Gasteiger charge is 2.28. The molecule has 0 unspecified atom stereocenters. The van der Waals surface area contributed by atoms with E-state index < -0.39 is 5.97 Å². The van der Waals surface area contributed by atoms with E-state index in [1.165, 1.54) is 6.08 Å². The Morgan fingerprint density at radius 2 is 1.68 bits per heavy atom. The van der Waals surface area contributed by atoms with E-state index >= 15 is 0 Å². The zero-order valence-corrected chi connectivity index (χ0v) is 19.3. The van der Waals surface area contributed by atoms with Gasteiger partial charge < -0.3 is 25.7 Å². The highest BCUT2D eigenvalue weighted by Crippen LogP contribution is 2.28. The Hall–Kier alpha value is -3.58. The van der Waals surface area contributed by atoms with Crippen molar-refractivity contribution < 1.29 is 23.8 Å². The van der Waals surface area contributed by atoms with E-state index in [9.17, 15) is 9.59 Å². The lowest BCUT2D eigenvalue weighted by Gasteiger charge is -2.27. The van der Waals surface area contributed by atoms with Crippen molar-refractivity contribution in [1.82, 2.24) is 0 Å². The van der Waals surface area contributed by atoms with Gasteiger partial charge in [-0.15, -0.1) is 6.58 Å². The molecule has 0 saturated heterocycles. The van der Waals surface area contributed by atoms with Crippen LogP contribution in [0, 0.1) is 5.92 Å². The minimum Gasteiger partial charge on any atom is -0.458 e. The van der Waals surface area contributed by atoms with Crippen LogP contribution in [0.1, 0.15) is 43.2 Å². The monoisotopic (exact) mass is 464 g/mol. The largest absolute Gasteiger partial charge is 0.458 e. The molecule has 2 aromatic carbocycles. The number of rotatable bonds is 10. The molecule has 1 aliphatic rings. The fraction of sp³-hybridized carbons (Fsp3) is 0.333. The quantitative estimate of drug-likeness (QED) is 0.131. The summed E-state index contributed by atoms with van der Waals surface area (Å²) in [6.45, 7) is 4.45. The SMILES string of the molecule is C=CCCOC1CCC(C(=O)Oc2ccc(C=CC(=O)OCc3cc(N)cc(N)c3)cc2)CC1. The van der Waals surface area contributed by atoms with Gasteiger partial charge in [0, 0.05) is 17.5 Å². The summed E-state index contributed by atoms with van der Waals surface area (Å²) in [6.07, 6.45) is 9.13. The van der Waals surface area contributed by atoms with Gasteiger partial charge in [-0.3, -0.25) is 4.79 Å². The highest BCUT2D eigenvalue weighted by atomic mass is 16.5. The normalized spacial score (nSPS) is 17.9. The first-order valence-corrected chi connectivity index (χ1v) is 11.5. The van der Waals surface area contributed by atoms with E-state index in [1.54, 1.807) is 48.5 Å². The third kappa shape index (κ3) is 8.08. The van der Waals surface area contributed by atoms with Crippen molar-refractivity contribution in [2.45, 2.75) is 44.8 Å². The molecule has 4 N–H and O–H groups in total. The number of hydrogen-bond acceptors (Lipinski definition) is 7. The lowest BCUT2D eigenvalue weighted by molar-refractivity contribution is -0.141. The third-order valence-corrected chi connectivity index (χ3v) is 5.61. The van der Waals surface area contributed by atoms with E-state index in [-0.39, 0.29) is 24.6 Å². The van der Waals surface area contributed by atoms with E-state index in [1.807, 2.05) is 6.08 Å². The molecular weight excluding hydrogens is 432 g/mol. The zero-order chi connectivity index (χ0) is 24.3. The fourth-order valence-corrected chi connectivity index (χ4v) is 3.83. The number of nitrogens with two attached hydrogens (primary N) is 2. The van der Waals surface area contributed by atoms with Gasteiger partial charge in [0.15, 0.2) is 0 Å². The molecule has 0 heterocycles. The molecular formula is C27H32N2O5. The molecule has 180 valence electrons. The first-order chi connectivity index (χ1) is 16.4. The molecule has 2 aromatic rings. The molecule has 0 aliphatic heterocycles. The second-order valence-electron chi connectivity index (χ2n) is 8.36. The van der Waals surface area contributed by atoms with Gasteiger partial charge >= 0.3 is 11.9 Å². The molecule has 1 saturated carbocycles. The molecule has 0 atom stereocenters. The summed E-state index contributed by atoms with van der Waals surface area (Å²) in [5.41, 5.74) is 14.0. The Morgan fingerprint density at radius 3 is 2.32 bits per heavy atom. The van der Waals surface area contributed by atoms with Crippen LogP contribution in [0.2, 0.25) is 0 Å². The summed E-state index contributed by atoms with van der Waals surface area (Å²) in [5.74, 6) is -0.323. The number of ether oxygens (including phenoxy) is 3. The summed E-state index contributed by atoms with van der Waals surface area (Å²) in [7, 11) is 0. The van der Waals surface area contributed by atoms with Gasteiger partial charge in [-0.1, -0.05) is 18.2 Å². The van der Waals surface area contributed by atoms with Crippen LogP contribution >= 0.6 is 0 Å². The van der Waals surface area contributed by atoms with Crippen LogP contribution in [0.5, 0.6) is 5.75 Å². The molecule has 1 fully saturated rings. The number of benzene rings is 2. The maximum Gasteiger partial charge on any atom is 0.331 e. The van der Waals surface area contributed by atoms with Gasteiger partial charge in [-0.25, -0.2) is 4.79 Å². The zero-order valence-electron chi connectivity index (χ0n) is 19.3. The number of carbonyl (C=O) groups is 2. The Morgan fingerprint density at radius 1 is 1.00 bits per heavy atom. The van der Waals surface area contributed by atoms with Crippen LogP contribution in [-0.2, 0) is 25.7 Å². The summed E-state index contributed by atoms with van der Waals surface area (Å²) in [5, 5.41) is 0. The summed E-state index contributed by atoms with van der Waals surface area (Å²) in [6, 6.07) is 12.0. The molecule has 0 aromatic heterocycles. The molecule has 1 aliphatic carbocycles. The molecule has 0 bridgehead atoms. The Bertz CT molecular complexity index is 988. The van der Waals surface area contributed by atoms with E-state index in [4.69, 9.17) is 25.7 Å². The van der Waals surface area contributed by atoms with Crippen molar-refractivity contribution in [3.63, 3.8) is 0 Å². The molecule has 0 spiro atoms.